The number of amides is 1. The fraction of sp³-hybridized carbons (Fsp3) is 0.593. The molecule has 1 aromatic carbocycles. The Balaban J connectivity index is 1.33. The maximum atomic E-state index is 14.1. The van der Waals surface area contributed by atoms with Crippen LogP contribution in [0.1, 0.15) is 54.8 Å². The molecule has 1 unspecified atom stereocenters. The van der Waals surface area contributed by atoms with E-state index in [0.717, 1.165) is 63.2 Å². The number of aryl methyl sites for hydroxylation is 1. The van der Waals surface area contributed by atoms with Crippen molar-refractivity contribution in [2.75, 3.05) is 57.9 Å². The van der Waals surface area contributed by atoms with Gasteiger partial charge in [0, 0.05) is 62.2 Å². The summed E-state index contributed by atoms with van der Waals surface area (Å²) in [5, 5.41) is 0.697. The van der Waals surface area contributed by atoms with Gasteiger partial charge in [-0.2, -0.15) is 0 Å². The van der Waals surface area contributed by atoms with Crippen LogP contribution in [0.2, 0.25) is 5.02 Å². The molecule has 2 saturated heterocycles. The Bertz CT molecular complexity index is 1020. The summed E-state index contributed by atoms with van der Waals surface area (Å²) in [6.45, 7) is 7.83. The Morgan fingerprint density at radius 1 is 1.11 bits per heavy atom. The second-order valence-electron chi connectivity index (χ2n) is 10.1. The summed E-state index contributed by atoms with van der Waals surface area (Å²) in [5.41, 5.74) is 3.56. The van der Waals surface area contributed by atoms with Crippen molar-refractivity contribution in [3.05, 3.63) is 52.4 Å². The van der Waals surface area contributed by atoms with Gasteiger partial charge in [-0.05, 0) is 55.8 Å². The van der Waals surface area contributed by atoms with Crippen LogP contribution in [0.25, 0.3) is 0 Å². The van der Waals surface area contributed by atoms with E-state index in [1.54, 1.807) is 13.4 Å². The van der Waals surface area contributed by atoms with Gasteiger partial charge in [0.15, 0.2) is 0 Å². The predicted octanol–water partition coefficient (Wildman–Crippen LogP) is 3.72. The number of methoxy groups -OCH3 is 1. The van der Waals surface area contributed by atoms with Crippen LogP contribution in [0.5, 0.6) is 0 Å². The molecule has 2 aliphatic heterocycles. The number of piperazine rings is 1. The molecule has 0 spiro atoms. The number of likely N-dealkylation sites (tertiary alicyclic amines) is 1. The molecule has 0 bridgehead atoms. The number of aromatic nitrogens is 2. The molecule has 3 heterocycles. The van der Waals surface area contributed by atoms with Crippen molar-refractivity contribution in [2.45, 2.75) is 50.5 Å². The van der Waals surface area contributed by atoms with Crippen LogP contribution in [0.15, 0.2) is 30.6 Å². The number of rotatable bonds is 7. The molecule has 3 atom stereocenters. The number of carbonyl (C=O) groups excluding carboxylic acids is 1. The number of anilines is 1. The van der Waals surface area contributed by atoms with Gasteiger partial charge in [-0.3, -0.25) is 9.69 Å². The van der Waals surface area contributed by atoms with Crippen LogP contribution in [0, 0.1) is 0 Å². The number of ether oxygens (including phenoxy) is 1. The Labute approximate surface area is 213 Å². The highest BCUT2D eigenvalue weighted by Gasteiger charge is 2.40. The number of nitrogens with zero attached hydrogens (tertiary/aromatic N) is 5. The van der Waals surface area contributed by atoms with Gasteiger partial charge in [-0.25, -0.2) is 9.97 Å². The first-order valence-electron chi connectivity index (χ1n) is 12.9. The van der Waals surface area contributed by atoms with E-state index < -0.39 is 0 Å². The topological polar surface area (TPSA) is 61.8 Å². The van der Waals surface area contributed by atoms with Crippen molar-refractivity contribution in [1.82, 2.24) is 19.8 Å². The zero-order chi connectivity index (χ0) is 24.4. The maximum absolute atomic E-state index is 14.1. The average Bonchev–Trinajstić information content (AvgIpc) is 3.50. The third-order valence-electron chi connectivity index (χ3n) is 8.02. The Hall–Kier alpha value is -2.22. The van der Waals surface area contributed by atoms with E-state index in [0.29, 0.717) is 30.6 Å². The molecular weight excluding hydrogens is 462 g/mol. The second-order valence-corrected chi connectivity index (χ2v) is 10.5. The van der Waals surface area contributed by atoms with E-state index in [1.807, 2.05) is 24.3 Å². The lowest BCUT2D eigenvalue weighted by Crippen LogP contribution is -2.53. The first-order valence-corrected chi connectivity index (χ1v) is 13.3. The minimum Gasteiger partial charge on any atom is -0.383 e. The summed E-state index contributed by atoms with van der Waals surface area (Å²) in [6, 6.07) is 8.04. The lowest BCUT2D eigenvalue weighted by Gasteiger charge is -2.40. The van der Waals surface area contributed by atoms with Gasteiger partial charge in [0.1, 0.15) is 12.1 Å². The molecule has 0 saturated carbocycles. The van der Waals surface area contributed by atoms with E-state index in [1.165, 1.54) is 11.3 Å². The van der Waals surface area contributed by atoms with Crippen LogP contribution >= 0.6 is 11.6 Å². The van der Waals surface area contributed by atoms with Crippen LogP contribution in [-0.2, 0) is 16.0 Å². The number of carbonyl (C=O) groups is 1. The Morgan fingerprint density at radius 3 is 2.63 bits per heavy atom. The van der Waals surface area contributed by atoms with E-state index >= 15 is 0 Å². The van der Waals surface area contributed by atoms with Crippen molar-refractivity contribution in [1.29, 1.82) is 0 Å². The summed E-state index contributed by atoms with van der Waals surface area (Å²) < 4.78 is 5.35. The predicted molar refractivity (Wildman–Crippen MR) is 138 cm³/mol. The zero-order valence-corrected chi connectivity index (χ0v) is 21.6. The summed E-state index contributed by atoms with van der Waals surface area (Å²) >= 11 is 6.19. The first kappa shape index (κ1) is 24.5. The molecule has 2 aromatic rings. The lowest BCUT2D eigenvalue weighted by atomic mass is 9.88. The van der Waals surface area contributed by atoms with Gasteiger partial charge < -0.3 is 14.5 Å². The molecule has 3 aliphatic rings. The molecule has 35 heavy (non-hydrogen) atoms. The number of halogens is 1. The molecule has 0 N–H and O–H groups in total. The van der Waals surface area contributed by atoms with Crippen molar-refractivity contribution < 1.29 is 9.53 Å². The van der Waals surface area contributed by atoms with Gasteiger partial charge in [0.2, 0.25) is 5.91 Å². The van der Waals surface area contributed by atoms with Gasteiger partial charge in [-0.15, -0.1) is 0 Å². The number of benzene rings is 1. The van der Waals surface area contributed by atoms with Gasteiger partial charge >= 0.3 is 0 Å². The van der Waals surface area contributed by atoms with Crippen LogP contribution < -0.4 is 4.90 Å². The molecule has 1 aromatic heterocycles. The van der Waals surface area contributed by atoms with Crippen LogP contribution in [0.3, 0.4) is 0 Å². The van der Waals surface area contributed by atoms with Crippen LogP contribution in [0.4, 0.5) is 5.82 Å². The summed E-state index contributed by atoms with van der Waals surface area (Å²) in [5.74, 6) is 1.60. The highest BCUT2D eigenvalue weighted by atomic mass is 35.5. The standard InChI is InChI=1S/C27H36ClN5O2/c1-19-5-10-22-24(19)26(30-18-29-22)32-12-14-33(15-13-32)27(34)25(20-6-8-21(28)9-7-20)23-4-3-11-31(23)16-17-35-2/h6-9,18-19,23,25H,3-5,10-17H2,1-2H3/t19?,23-,25-/m0/s1. The average molecular weight is 498 g/mol. The number of fused-ring (bicyclic) bond motifs is 1. The van der Waals surface area contributed by atoms with Crippen molar-refractivity contribution in [2.24, 2.45) is 0 Å². The maximum Gasteiger partial charge on any atom is 0.231 e. The highest BCUT2D eigenvalue weighted by Crippen LogP contribution is 2.38. The minimum absolute atomic E-state index is 0.183. The molecule has 1 aliphatic carbocycles. The smallest absolute Gasteiger partial charge is 0.231 e. The normalized spacial score (nSPS) is 23.5. The van der Waals surface area contributed by atoms with Crippen LogP contribution in [-0.4, -0.2) is 84.7 Å². The van der Waals surface area contributed by atoms with Gasteiger partial charge in [-0.1, -0.05) is 30.7 Å². The third-order valence-corrected chi connectivity index (χ3v) is 8.27. The molecule has 2 fully saturated rings. The Morgan fingerprint density at radius 2 is 1.89 bits per heavy atom. The fourth-order valence-corrected chi connectivity index (χ4v) is 6.25. The third kappa shape index (κ3) is 5.04. The van der Waals surface area contributed by atoms with E-state index in [-0.39, 0.29) is 17.9 Å². The van der Waals surface area contributed by atoms with E-state index in [2.05, 4.69) is 31.6 Å². The SMILES string of the molecule is COCCN1CCC[C@H]1[C@@H](C(=O)N1CCN(c2ncnc3c2C(C)CC3)CC1)c1ccc(Cl)cc1. The largest absolute Gasteiger partial charge is 0.383 e. The lowest BCUT2D eigenvalue weighted by molar-refractivity contribution is -0.134. The monoisotopic (exact) mass is 497 g/mol. The molecule has 1 amide bonds. The van der Waals surface area contributed by atoms with E-state index in [4.69, 9.17) is 16.3 Å². The molecular formula is C27H36ClN5O2. The highest BCUT2D eigenvalue weighted by molar-refractivity contribution is 6.30. The molecule has 188 valence electrons. The van der Waals surface area contributed by atoms with Crippen molar-refractivity contribution >= 4 is 23.3 Å². The molecule has 7 nitrogen and oxygen atoms in total. The molecule has 0 radical (unpaired) electrons. The number of hydrogen-bond donors (Lipinski definition) is 0. The van der Waals surface area contributed by atoms with E-state index in [9.17, 15) is 4.79 Å². The summed E-state index contributed by atoms with van der Waals surface area (Å²) in [6.07, 6.45) is 6.01. The quantitative estimate of drug-likeness (QED) is 0.581. The summed E-state index contributed by atoms with van der Waals surface area (Å²) in [4.78, 5) is 30.1. The Kier molecular flexibility index (Phi) is 7.56. The first-order chi connectivity index (χ1) is 17.1. The summed E-state index contributed by atoms with van der Waals surface area (Å²) in [7, 11) is 1.74. The van der Waals surface area contributed by atoms with Gasteiger partial charge in [0.05, 0.1) is 12.5 Å². The fourth-order valence-electron chi connectivity index (χ4n) is 6.13. The zero-order valence-electron chi connectivity index (χ0n) is 20.8. The molecule has 8 heteroatoms. The number of hydrogen-bond acceptors (Lipinski definition) is 6. The van der Waals surface area contributed by atoms with Crippen molar-refractivity contribution in [3.63, 3.8) is 0 Å². The van der Waals surface area contributed by atoms with Gasteiger partial charge in [0.25, 0.3) is 0 Å². The molecule has 5 rings (SSSR count). The second kappa shape index (κ2) is 10.8. The van der Waals surface area contributed by atoms with Crippen molar-refractivity contribution in [3.8, 4) is 0 Å². The minimum atomic E-state index is -0.193.